The van der Waals surface area contributed by atoms with Gasteiger partial charge in [0.25, 0.3) is 0 Å². The van der Waals surface area contributed by atoms with E-state index in [1.807, 2.05) is 0 Å². The number of rotatable bonds is 3. The molecule has 0 atom stereocenters. The Bertz CT molecular complexity index is 499. The van der Waals surface area contributed by atoms with Crippen LogP contribution in [0.5, 0.6) is 0 Å². The summed E-state index contributed by atoms with van der Waals surface area (Å²) in [6, 6.07) is 1.12. The van der Waals surface area contributed by atoms with E-state index in [1.165, 1.54) is 6.92 Å². The highest BCUT2D eigenvalue weighted by molar-refractivity contribution is 5.95. The van der Waals surface area contributed by atoms with Gasteiger partial charge >= 0.3 is 17.6 Å². The highest BCUT2D eigenvalue weighted by Crippen LogP contribution is 2.10. The summed E-state index contributed by atoms with van der Waals surface area (Å²) < 4.78 is 13.9. The van der Waals surface area contributed by atoms with Crippen molar-refractivity contribution in [1.82, 2.24) is 0 Å². The molecular formula is C11H12O6. The van der Waals surface area contributed by atoms with Crippen LogP contribution in [-0.2, 0) is 9.47 Å². The molecule has 0 spiro atoms. The standard InChI is InChI=1S/C11H12O6/c1-4-16-10(13)7-5-8(9(12)15-3)11(14)17-6(7)2/h5H,4H2,1-3H3. The van der Waals surface area contributed by atoms with E-state index in [0.29, 0.717) is 0 Å². The quantitative estimate of drug-likeness (QED) is 0.730. The number of hydrogen-bond acceptors (Lipinski definition) is 6. The zero-order chi connectivity index (χ0) is 13.0. The van der Waals surface area contributed by atoms with E-state index in [4.69, 9.17) is 9.15 Å². The van der Waals surface area contributed by atoms with Crippen molar-refractivity contribution >= 4 is 11.9 Å². The predicted octanol–water partition coefficient (Wildman–Crippen LogP) is 0.912. The van der Waals surface area contributed by atoms with Gasteiger partial charge in [-0.3, -0.25) is 0 Å². The minimum atomic E-state index is -0.857. The van der Waals surface area contributed by atoms with Gasteiger partial charge in [0.15, 0.2) is 0 Å². The number of carbonyl (C=O) groups excluding carboxylic acids is 2. The Labute approximate surface area is 97.1 Å². The predicted molar refractivity (Wildman–Crippen MR) is 57.0 cm³/mol. The molecule has 0 N–H and O–H groups in total. The third kappa shape index (κ3) is 2.72. The summed E-state index contributed by atoms with van der Waals surface area (Å²) in [5.41, 5.74) is -1.14. The molecule has 0 saturated carbocycles. The number of ether oxygens (including phenoxy) is 2. The summed E-state index contributed by atoms with van der Waals surface area (Å²) in [7, 11) is 1.13. The Morgan fingerprint density at radius 2 is 1.94 bits per heavy atom. The Morgan fingerprint density at radius 1 is 1.29 bits per heavy atom. The van der Waals surface area contributed by atoms with Gasteiger partial charge in [-0.1, -0.05) is 0 Å². The third-order valence-corrected chi connectivity index (χ3v) is 2.03. The van der Waals surface area contributed by atoms with Crippen molar-refractivity contribution in [2.45, 2.75) is 13.8 Å². The van der Waals surface area contributed by atoms with E-state index in [1.54, 1.807) is 6.92 Å². The SMILES string of the molecule is CCOC(=O)c1cc(C(=O)OC)c(=O)oc1C. The molecule has 0 fully saturated rings. The maximum absolute atomic E-state index is 11.5. The smallest absolute Gasteiger partial charge is 0.350 e. The van der Waals surface area contributed by atoms with Crippen molar-refractivity contribution in [3.63, 3.8) is 0 Å². The summed E-state index contributed by atoms with van der Waals surface area (Å²) >= 11 is 0. The van der Waals surface area contributed by atoms with Crippen LogP contribution in [0.25, 0.3) is 0 Å². The molecule has 1 heterocycles. The van der Waals surface area contributed by atoms with Crippen molar-refractivity contribution in [2.24, 2.45) is 0 Å². The minimum Gasteiger partial charge on any atom is -0.465 e. The Kier molecular flexibility index (Phi) is 4.03. The number of esters is 2. The molecule has 6 heteroatoms. The zero-order valence-electron chi connectivity index (χ0n) is 9.73. The number of carbonyl (C=O) groups is 2. The van der Waals surface area contributed by atoms with E-state index in [0.717, 1.165) is 13.2 Å². The van der Waals surface area contributed by atoms with Gasteiger partial charge in [-0.25, -0.2) is 14.4 Å². The second-order valence-electron chi connectivity index (χ2n) is 3.13. The van der Waals surface area contributed by atoms with Gasteiger partial charge in [0, 0.05) is 0 Å². The van der Waals surface area contributed by atoms with Crippen LogP contribution in [0, 0.1) is 6.92 Å². The molecule has 0 aliphatic carbocycles. The van der Waals surface area contributed by atoms with Crippen LogP contribution in [0.3, 0.4) is 0 Å². The highest BCUT2D eigenvalue weighted by atomic mass is 16.5. The first-order valence-corrected chi connectivity index (χ1v) is 4.91. The second kappa shape index (κ2) is 5.29. The summed E-state index contributed by atoms with van der Waals surface area (Å²) in [6.45, 7) is 3.27. The molecule has 0 unspecified atom stereocenters. The molecule has 0 radical (unpaired) electrons. The van der Waals surface area contributed by atoms with Crippen LogP contribution in [0.1, 0.15) is 33.4 Å². The van der Waals surface area contributed by atoms with Gasteiger partial charge in [-0.2, -0.15) is 0 Å². The van der Waals surface area contributed by atoms with Crippen molar-refractivity contribution in [2.75, 3.05) is 13.7 Å². The monoisotopic (exact) mass is 240 g/mol. The fourth-order valence-corrected chi connectivity index (χ4v) is 1.22. The van der Waals surface area contributed by atoms with Gasteiger partial charge < -0.3 is 13.9 Å². The molecule has 0 aliphatic rings. The van der Waals surface area contributed by atoms with Gasteiger partial charge in [-0.05, 0) is 19.9 Å². The lowest BCUT2D eigenvalue weighted by atomic mass is 10.1. The van der Waals surface area contributed by atoms with Crippen LogP contribution >= 0.6 is 0 Å². The average molecular weight is 240 g/mol. The normalized spacial score (nSPS) is 9.82. The van der Waals surface area contributed by atoms with E-state index in [9.17, 15) is 14.4 Å². The van der Waals surface area contributed by atoms with Crippen LogP contribution in [-0.4, -0.2) is 25.7 Å². The lowest BCUT2D eigenvalue weighted by molar-refractivity contribution is 0.0521. The zero-order valence-corrected chi connectivity index (χ0v) is 9.73. The van der Waals surface area contributed by atoms with E-state index in [2.05, 4.69) is 4.74 Å². The first-order valence-electron chi connectivity index (χ1n) is 4.91. The summed E-state index contributed by atoms with van der Waals surface area (Å²) in [5.74, 6) is -1.41. The van der Waals surface area contributed by atoms with Crippen molar-refractivity contribution < 1.29 is 23.5 Å². The fourth-order valence-electron chi connectivity index (χ4n) is 1.22. The molecule has 6 nitrogen and oxygen atoms in total. The first-order chi connectivity index (χ1) is 8.01. The largest absolute Gasteiger partial charge is 0.465 e. The Morgan fingerprint density at radius 3 is 2.47 bits per heavy atom. The lowest BCUT2D eigenvalue weighted by Gasteiger charge is -2.05. The maximum atomic E-state index is 11.5. The molecule has 0 aromatic carbocycles. The van der Waals surface area contributed by atoms with Crippen molar-refractivity contribution in [1.29, 1.82) is 0 Å². The fraction of sp³-hybridized carbons (Fsp3) is 0.364. The molecule has 1 aromatic rings. The minimum absolute atomic E-state index is 0.0341. The molecule has 0 saturated heterocycles. The van der Waals surface area contributed by atoms with E-state index >= 15 is 0 Å². The van der Waals surface area contributed by atoms with Crippen molar-refractivity contribution in [3.05, 3.63) is 33.4 Å². The number of hydrogen-bond donors (Lipinski definition) is 0. The molecule has 92 valence electrons. The van der Waals surface area contributed by atoms with Gasteiger partial charge in [0.1, 0.15) is 11.3 Å². The van der Waals surface area contributed by atoms with Crippen LogP contribution in [0.2, 0.25) is 0 Å². The molecule has 17 heavy (non-hydrogen) atoms. The van der Waals surface area contributed by atoms with Crippen molar-refractivity contribution in [3.8, 4) is 0 Å². The lowest BCUT2D eigenvalue weighted by Crippen LogP contribution is -2.19. The summed E-state index contributed by atoms with van der Waals surface area (Å²) in [6.07, 6.45) is 0. The van der Waals surface area contributed by atoms with Gasteiger partial charge in [0.2, 0.25) is 0 Å². The van der Waals surface area contributed by atoms with E-state index in [-0.39, 0.29) is 23.5 Å². The summed E-state index contributed by atoms with van der Waals surface area (Å²) in [4.78, 5) is 34.1. The molecule has 1 aromatic heterocycles. The molecule has 0 aliphatic heterocycles. The number of aryl methyl sites for hydroxylation is 1. The molecular weight excluding hydrogens is 228 g/mol. The third-order valence-electron chi connectivity index (χ3n) is 2.03. The molecule has 1 rings (SSSR count). The molecule has 0 bridgehead atoms. The van der Waals surface area contributed by atoms with E-state index < -0.39 is 17.6 Å². The van der Waals surface area contributed by atoms with Gasteiger partial charge in [-0.15, -0.1) is 0 Å². The average Bonchev–Trinajstić information content (AvgIpc) is 2.28. The number of methoxy groups -OCH3 is 1. The Hall–Kier alpha value is -2.11. The summed E-state index contributed by atoms with van der Waals surface area (Å²) in [5, 5.41) is 0. The van der Waals surface area contributed by atoms with Crippen LogP contribution < -0.4 is 5.63 Å². The second-order valence-corrected chi connectivity index (χ2v) is 3.13. The van der Waals surface area contributed by atoms with Crippen LogP contribution in [0.4, 0.5) is 0 Å². The van der Waals surface area contributed by atoms with Crippen LogP contribution in [0.15, 0.2) is 15.3 Å². The van der Waals surface area contributed by atoms with Gasteiger partial charge in [0.05, 0.1) is 19.3 Å². The Balaban J connectivity index is 3.28. The maximum Gasteiger partial charge on any atom is 0.350 e. The topological polar surface area (TPSA) is 82.8 Å². The highest BCUT2D eigenvalue weighted by Gasteiger charge is 2.20. The molecule has 0 amide bonds. The first kappa shape index (κ1) is 13.0.